The lowest BCUT2D eigenvalue weighted by Crippen LogP contribution is -2.41. The molecule has 0 aliphatic heterocycles. The fourth-order valence-electron chi connectivity index (χ4n) is 2.39. The normalized spacial score (nSPS) is 11.5. The summed E-state index contributed by atoms with van der Waals surface area (Å²) < 4.78 is 1.60. The Hall–Kier alpha value is -2.75. The monoisotopic (exact) mass is 363 g/mol. The van der Waals surface area contributed by atoms with Crippen LogP contribution in [0.2, 0.25) is 0 Å². The van der Waals surface area contributed by atoms with Crippen molar-refractivity contribution >= 4 is 28.9 Å². The maximum absolute atomic E-state index is 12.5. The van der Waals surface area contributed by atoms with Crippen LogP contribution in [-0.2, 0) is 16.1 Å². The van der Waals surface area contributed by atoms with Crippen molar-refractivity contribution in [2.24, 2.45) is 0 Å². The molecule has 0 aliphatic carbocycles. The molecule has 0 atom stereocenters. The number of carboxylic acid groups (broad SMARTS) is 1. The van der Waals surface area contributed by atoms with E-state index in [1.165, 1.54) is 17.6 Å². The molecule has 3 N–H and O–H groups in total. The molecule has 142 valence electrons. The average Bonchev–Trinajstić information content (AvgIpc) is 2.94. The van der Waals surface area contributed by atoms with E-state index in [2.05, 4.69) is 25.6 Å². The first kappa shape index (κ1) is 19.6. The summed E-state index contributed by atoms with van der Waals surface area (Å²) in [5.41, 5.74) is 0.881. The number of nitrogens with zero attached hydrogens (tertiary/aromatic N) is 5. The third-order valence-electron chi connectivity index (χ3n) is 3.51. The van der Waals surface area contributed by atoms with Crippen LogP contribution in [0.3, 0.4) is 0 Å². The molecule has 10 nitrogen and oxygen atoms in total. The van der Waals surface area contributed by atoms with E-state index in [0.717, 1.165) is 0 Å². The molecule has 2 aromatic heterocycles. The Kier molecular flexibility index (Phi) is 6.09. The summed E-state index contributed by atoms with van der Waals surface area (Å²) in [6.45, 7) is 6.44. The number of carboxylic acids is 1. The van der Waals surface area contributed by atoms with Crippen LogP contribution in [0.4, 0.5) is 5.82 Å². The number of carbonyl (C=O) groups is 2. The Morgan fingerprint density at radius 3 is 2.62 bits per heavy atom. The summed E-state index contributed by atoms with van der Waals surface area (Å²) in [7, 11) is 1.74. The van der Waals surface area contributed by atoms with Crippen molar-refractivity contribution in [2.45, 2.75) is 32.9 Å². The van der Waals surface area contributed by atoms with Gasteiger partial charge in [-0.2, -0.15) is 0 Å². The highest BCUT2D eigenvalue weighted by Gasteiger charge is 2.20. The van der Waals surface area contributed by atoms with E-state index in [1.54, 1.807) is 11.6 Å². The van der Waals surface area contributed by atoms with Gasteiger partial charge in [-0.25, -0.2) is 15.0 Å². The minimum atomic E-state index is -1.05. The van der Waals surface area contributed by atoms with Crippen molar-refractivity contribution in [1.82, 2.24) is 29.7 Å². The Bertz CT molecular complexity index is 782. The molecule has 2 rings (SSSR count). The van der Waals surface area contributed by atoms with Gasteiger partial charge in [-0.05, 0) is 27.8 Å². The van der Waals surface area contributed by atoms with Gasteiger partial charge in [-0.3, -0.25) is 9.59 Å². The topological polar surface area (TPSA) is 125 Å². The van der Waals surface area contributed by atoms with Crippen molar-refractivity contribution < 1.29 is 14.7 Å². The van der Waals surface area contributed by atoms with Crippen LogP contribution in [0.15, 0.2) is 12.7 Å². The number of carbonyl (C=O) groups excluding carboxylic acids is 1. The zero-order valence-electron chi connectivity index (χ0n) is 15.5. The SMILES string of the molecule is CNCCN(CC(=O)O)C(=O)Cn1cnc2c(NC(C)(C)C)ncnc21. The average molecular weight is 363 g/mol. The van der Waals surface area contributed by atoms with E-state index in [4.69, 9.17) is 5.11 Å². The number of aromatic nitrogens is 4. The zero-order valence-corrected chi connectivity index (χ0v) is 15.5. The van der Waals surface area contributed by atoms with Gasteiger partial charge in [-0.1, -0.05) is 0 Å². The minimum Gasteiger partial charge on any atom is -0.480 e. The number of nitrogens with one attached hydrogen (secondary N) is 2. The van der Waals surface area contributed by atoms with Crippen LogP contribution in [0, 0.1) is 0 Å². The van der Waals surface area contributed by atoms with E-state index in [-0.39, 0.29) is 24.5 Å². The number of fused-ring (bicyclic) bond motifs is 1. The summed E-state index contributed by atoms with van der Waals surface area (Å²) in [5.74, 6) is -0.777. The maximum Gasteiger partial charge on any atom is 0.323 e. The number of hydrogen-bond acceptors (Lipinski definition) is 7. The van der Waals surface area contributed by atoms with Crippen LogP contribution < -0.4 is 10.6 Å². The first-order valence-corrected chi connectivity index (χ1v) is 8.29. The molecule has 0 fully saturated rings. The molecule has 0 saturated carbocycles. The lowest BCUT2D eigenvalue weighted by Gasteiger charge is -2.21. The summed E-state index contributed by atoms with van der Waals surface area (Å²) >= 11 is 0. The quantitative estimate of drug-likeness (QED) is 0.606. The van der Waals surface area contributed by atoms with Crippen molar-refractivity contribution in [2.75, 3.05) is 32.0 Å². The van der Waals surface area contributed by atoms with Crippen LogP contribution in [0.1, 0.15) is 20.8 Å². The van der Waals surface area contributed by atoms with Gasteiger partial charge in [0.25, 0.3) is 0 Å². The molecule has 0 aromatic carbocycles. The Labute approximate surface area is 151 Å². The van der Waals surface area contributed by atoms with E-state index >= 15 is 0 Å². The van der Waals surface area contributed by atoms with Crippen LogP contribution in [-0.4, -0.2) is 73.6 Å². The lowest BCUT2D eigenvalue weighted by molar-refractivity contribution is -0.144. The van der Waals surface area contributed by atoms with E-state index in [9.17, 15) is 9.59 Å². The smallest absolute Gasteiger partial charge is 0.323 e. The molecule has 2 aromatic rings. The molecule has 2 heterocycles. The first-order chi connectivity index (χ1) is 12.2. The summed E-state index contributed by atoms with van der Waals surface area (Å²) in [5, 5.41) is 15.2. The number of likely N-dealkylation sites (N-methyl/N-ethyl adjacent to an activating group) is 1. The van der Waals surface area contributed by atoms with Crippen LogP contribution in [0.25, 0.3) is 11.2 Å². The highest BCUT2D eigenvalue weighted by Crippen LogP contribution is 2.20. The molecule has 1 amide bonds. The Balaban J connectivity index is 2.23. The maximum atomic E-state index is 12.5. The number of aliphatic carboxylic acids is 1. The van der Waals surface area contributed by atoms with Crippen LogP contribution in [0.5, 0.6) is 0 Å². The molecule has 0 unspecified atom stereocenters. The molecule has 0 saturated heterocycles. The molecule has 0 spiro atoms. The highest BCUT2D eigenvalue weighted by molar-refractivity contribution is 5.86. The summed E-state index contributed by atoms with van der Waals surface area (Å²) in [6.07, 6.45) is 2.93. The van der Waals surface area contributed by atoms with Gasteiger partial charge in [0.1, 0.15) is 24.9 Å². The van der Waals surface area contributed by atoms with Gasteiger partial charge in [-0.15, -0.1) is 0 Å². The van der Waals surface area contributed by atoms with Crippen LogP contribution >= 0.6 is 0 Å². The van der Waals surface area contributed by atoms with Gasteiger partial charge in [0.2, 0.25) is 5.91 Å². The molecule has 10 heteroatoms. The molecule has 0 radical (unpaired) electrons. The standard InChI is InChI=1S/C16H25N7O3/c1-16(2,3)21-14-13-15(19-9-18-14)23(10-20-13)7-11(24)22(6-5-17-4)8-12(25)26/h9-10,17H,5-8H2,1-4H3,(H,25,26)(H,18,19,21). The fraction of sp³-hybridized carbons (Fsp3) is 0.562. The molecule has 26 heavy (non-hydrogen) atoms. The molecule has 0 aliphatic rings. The van der Waals surface area contributed by atoms with Crippen molar-refractivity contribution in [3.8, 4) is 0 Å². The van der Waals surface area contributed by atoms with Crippen molar-refractivity contribution in [3.05, 3.63) is 12.7 Å². The van der Waals surface area contributed by atoms with E-state index in [0.29, 0.717) is 30.1 Å². The second-order valence-corrected chi connectivity index (χ2v) is 6.95. The van der Waals surface area contributed by atoms with Gasteiger partial charge in [0.05, 0.1) is 6.33 Å². The fourth-order valence-corrected chi connectivity index (χ4v) is 2.39. The Morgan fingerprint density at radius 2 is 2.00 bits per heavy atom. The van der Waals surface area contributed by atoms with E-state index < -0.39 is 5.97 Å². The second-order valence-electron chi connectivity index (χ2n) is 6.95. The van der Waals surface area contributed by atoms with Gasteiger partial charge in [0, 0.05) is 18.6 Å². The molecule has 0 bridgehead atoms. The van der Waals surface area contributed by atoms with E-state index in [1.807, 2.05) is 20.8 Å². The third-order valence-corrected chi connectivity index (χ3v) is 3.51. The number of anilines is 1. The lowest BCUT2D eigenvalue weighted by atomic mass is 10.1. The predicted molar refractivity (Wildman–Crippen MR) is 96.8 cm³/mol. The molecular weight excluding hydrogens is 338 g/mol. The first-order valence-electron chi connectivity index (χ1n) is 8.29. The largest absolute Gasteiger partial charge is 0.480 e. The van der Waals surface area contributed by atoms with Crippen molar-refractivity contribution in [1.29, 1.82) is 0 Å². The minimum absolute atomic E-state index is 0.0422. The zero-order chi connectivity index (χ0) is 19.3. The summed E-state index contributed by atoms with van der Waals surface area (Å²) in [4.78, 5) is 37.6. The number of hydrogen-bond donors (Lipinski definition) is 3. The number of rotatable bonds is 8. The van der Waals surface area contributed by atoms with Crippen molar-refractivity contribution in [3.63, 3.8) is 0 Å². The third kappa shape index (κ3) is 5.12. The highest BCUT2D eigenvalue weighted by atomic mass is 16.4. The second kappa shape index (κ2) is 8.09. The number of imidazole rings is 1. The summed E-state index contributed by atoms with van der Waals surface area (Å²) in [6, 6.07) is 0. The Morgan fingerprint density at radius 1 is 1.27 bits per heavy atom. The number of amides is 1. The molecular formula is C16H25N7O3. The van der Waals surface area contributed by atoms with Gasteiger partial charge >= 0.3 is 5.97 Å². The van der Waals surface area contributed by atoms with Gasteiger partial charge in [0.15, 0.2) is 11.5 Å². The predicted octanol–water partition coefficient (Wildman–Crippen LogP) is 0.169. The van der Waals surface area contributed by atoms with Gasteiger partial charge < -0.3 is 25.2 Å².